The minimum Gasteiger partial charge on any atom is -0.462 e. The maximum Gasteiger partial charge on any atom is 0.348 e. The lowest BCUT2D eigenvalue weighted by Crippen LogP contribution is -2.18. The smallest absolute Gasteiger partial charge is 0.348 e. The molecule has 1 amide bonds. The highest BCUT2D eigenvalue weighted by Gasteiger charge is 2.23. The molecule has 0 saturated carbocycles. The number of carbonyl (C=O) groups excluding carboxylic acids is 2. The Bertz CT molecular complexity index is 1000. The molecule has 9 heteroatoms. The van der Waals surface area contributed by atoms with Crippen molar-refractivity contribution in [3.8, 4) is 6.07 Å². The lowest BCUT2D eigenvalue weighted by atomic mass is 10.2. The molecule has 0 unspecified atom stereocenters. The number of sulfone groups is 1. The number of nitrogens with zero attached hydrogens (tertiary/aromatic N) is 1. The van der Waals surface area contributed by atoms with Crippen molar-refractivity contribution in [1.29, 1.82) is 5.26 Å². The monoisotopic (exact) mass is 420 g/mol. The van der Waals surface area contributed by atoms with E-state index in [1.165, 1.54) is 0 Å². The van der Waals surface area contributed by atoms with E-state index in [1.54, 1.807) is 44.2 Å². The standard InChI is InChI=1S/C19H20N2O5S2/c1-3-26-19(23)17-13(2)15(11-20)18(27-17)21-16(22)9-10-28(24,25)12-14-7-5-4-6-8-14/h4-8H,3,9-10,12H2,1-2H3,(H,21,22). The molecule has 0 atom stereocenters. The van der Waals surface area contributed by atoms with Gasteiger partial charge in [-0.2, -0.15) is 5.26 Å². The summed E-state index contributed by atoms with van der Waals surface area (Å²) in [5.41, 5.74) is 1.26. The number of hydrogen-bond donors (Lipinski definition) is 1. The van der Waals surface area contributed by atoms with E-state index in [9.17, 15) is 23.3 Å². The molecule has 148 valence electrons. The number of ether oxygens (including phenoxy) is 1. The molecule has 0 aliphatic heterocycles. The van der Waals surface area contributed by atoms with Gasteiger partial charge in [-0.3, -0.25) is 4.79 Å². The number of thiophene rings is 1. The number of rotatable bonds is 8. The van der Waals surface area contributed by atoms with Gasteiger partial charge in [-0.1, -0.05) is 30.3 Å². The molecule has 0 saturated heterocycles. The Morgan fingerprint density at radius 2 is 1.93 bits per heavy atom. The second kappa shape index (κ2) is 9.48. The first-order valence-electron chi connectivity index (χ1n) is 8.52. The molecule has 0 bridgehead atoms. The third-order valence-electron chi connectivity index (χ3n) is 3.84. The lowest BCUT2D eigenvalue weighted by molar-refractivity contribution is -0.115. The Hall–Kier alpha value is -2.70. The minimum absolute atomic E-state index is 0.143. The second-order valence-corrected chi connectivity index (χ2v) is 9.17. The summed E-state index contributed by atoms with van der Waals surface area (Å²) in [7, 11) is -3.46. The first-order valence-corrected chi connectivity index (χ1v) is 11.2. The predicted molar refractivity (Wildman–Crippen MR) is 107 cm³/mol. The third-order valence-corrected chi connectivity index (χ3v) is 6.63. The molecule has 0 aliphatic carbocycles. The number of carbonyl (C=O) groups is 2. The van der Waals surface area contributed by atoms with Gasteiger partial charge in [0.05, 0.1) is 23.7 Å². The van der Waals surface area contributed by atoms with Gasteiger partial charge in [0.2, 0.25) is 5.91 Å². The number of esters is 1. The average molecular weight is 421 g/mol. The van der Waals surface area contributed by atoms with E-state index < -0.39 is 21.7 Å². The Morgan fingerprint density at radius 1 is 1.25 bits per heavy atom. The van der Waals surface area contributed by atoms with Crippen LogP contribution in [0.3, 0.4) is 0 Å². The molecule has 1 heterocycles. The van der Waals surface area contributed by atoms with Gasteiger partial charge in [0.15, 0.2) is 9.84 Å². The van der Waals surface area contributed by atoms with Crippen LogP contribution in [-0.2, 0) is 25.1 Å². The molecule has 1 aromatic carbocycles. The molecular formula is C19H20N2O5S2. The van der Waals surface area contributed by atoms with Crippen molar-refractivity contribution in [1.82, 2.24) is 0 Å². The van der Waals surface area contributed by atoms with Crippen molar-refractivity contribution < 1.29 is 22.7 Å². The first-order chi connectivity index (χ1) is 13.3. The van der Waals surface area contributed by atoms with Crippen LogP contribution in [0, 0.1) is 18.3 Å². The third kappa shape index (κ3) is 5.65. The summed E-state index contributed by atoms with van der Waals surface area (Å²) >= 11 is 0.945. The van der Waals surface area contributed by atoms with Gasteiger partial charge in [0, 0.05) is 6.42 Å². The number of amides is 1. The van der Waals surface area contributed by atoms with Crippen molar-refractivity contribution in [2.75, 3.05) is 17.7 Å². The normalized spacial score (nSPS) is 10.9. The number of nitrogens with one attached hydrogen (secondary N) is 1. The van der Waals surface area contributed by atoms with Gasteiger partial charge < -0.3 is 10.1 Å². The van der Waals surface area contributed by atoms with Crippen LogP contribution >= 0.6 is 11.3 Å². The van der Waals surface area contributed by atoms with Crippen LogP contribution in [0.15, 0.2) is 30.3 Å². The topological polar surface area (TPSA) is 113 Å². The summed E-state index contributed by atoms with van der Waals surface area (Å²) in [6, 6.07) is 10.7. The molecule has 0 fully saturated rings. The van der Waals surface area contributed by atoms with E-state index in [4.69, 9.17) is 4.74 Å². The van der Waals surface area contributed by atoms with E-state index in [0.717, 1.165) is 11.3 Å². The Kier molecular flexibility index (Phi) is 7.31. The largest absolute Gasteiger partial charge is 0.462 e. The fourth-order valence-electron chi connectivity index (χ4n) is 2.47. The van der Waals surface area contributed by atoms with E-state index >= 15 is 0 Å². The zero-order valence-electron chi connectivity index (χ0n) is 15.5. The summed E-state index contributed by atoms with van der Waals surface area (Å²) in [4.78, 5) is 24.4. The van der Waals surface area contributed by atoms with Crippen molar-refractivity contribution in [2.24, 2.45) is 0 Å². The molecule has 1 N–H and O–H groups in total. The van der Waals surface area contributed by atoms with Gasteiger partial charge >= 0.3 is 5.97 Å². The molecular weight excluding hydrogens is 400 g/mol. The van der Waals surface area contributed by atoms with Gasteiger partial charge in [-0.25, -0.2) is 13.2 Å². The van der Waals surface area contributed by atoms with Crippen molar-refractivity contribution in [2.45, 2.75) is 26.0 Å². The Morgan fingerprint density at radius 3 is 2.54 bits per heavy atom. The summed E-state index contributed by atoms with van der Waals surface area (Å²) in [5.74, 6) is -1.56. The van der Waals surface area contributed by atoms with Crippen LogP contribution < -0.4 is 5.32 Å². The van der Waals surface area contributed by atoms with Crippen LogP contribution in [-0.4, -0.2) is 32.7 Å². The summed E-state index contributed by atoms with van der Waals surface area (Å²) < 4.78 is 29.4. The summed E-state index contributed by atoms with van der Waals surface area (Å²) in [6.45, 7) is 3.46. The molecule has 1 aromatic heterocycles. The van der Waals surface area contributed by atoms with Gasteiger partial charge in [0.25, 0.3) is 0 Å². The van der Waals surface area contributed by atoms with E-state index in [0.29, 0.717) is 11.1 Å². The Labute approximate surface area is 167 Å². The lowest BCUT2D eigenvalue weighted by Gasteiger charge is -2.06. The SMILES string of the molecule is CCOC(=O)c1sc(NC(=O)CCS(=O)(=O)Cc2ccccc2)c(C#N)c1C. The number of anilines is 1. The molecule has 0 spiro atoms. The zero-order valence-corrected chi connectivity index (χ0v) is 17.2. The predicted octanol–water partition coefficient (Wildman–Crippen LogP) is 3.05. The second-order valence-electron chi connectivity index (χ2n) is 5.97. The van der Waals surface area contributed by atoms with E-state index in [1.807, 2.05) is 6.07 Å². The minimum atomic E-state index is -3.46. The van der Waals surface area contributed by atoms with E-state index in [2.05, 4.69) is 5.32 Å². The van der Waals surface area contributed by atoms with Crippen molar-refractivity contribution in [3.63, 3.8) is 0 Å². The van der Waals surface area contributed by atoms with Crippen LogP contribution in [0.5, 0.6) is 0 Å². The molecule has 2 aromatic rings. The maximum absolute atomic E-state index is 12.2. The van der Waals surface area contributed by atoms with Crippen LogP contribution in [0.4, 0.5) is 5.00 Å². The highest BCUT2D eigenvalue weighted by Crippen LogP contribution is 2.33. The first kappa shape index (κ1) is 21.6. The zero-order chi connectivity index (χ0) is 20.7. The van der Waals surface area contributed by atoms with E-state index in [-0.39, 0.29) is 40.0 Å². The van der Waals surface area contributed by atoms with Gasteiger partial charge in [-0.15, -0.1) is 11.3 Å². The Balaban J connectivity index is 2.04. The van der Waals surface area contributed by atoms with Crippen LogP contribution in [0.25, 0.3) is 0 Å². The quantitative estimate of drug-likeness (QED) is 0.657. The molecule has 2 rings (SSSR count). The highest BCUT2D eigenvalue weighted by molar-refractivity contribution is 7.90. The van der Waals surface area contributed by atoms with Gasteiger partial charge in [-0.05, 0) is 25.0 Å². The van der Waals surface area contributed by atoms with Crippen molar-refractivity contribution in [3.05, 3.63) is 51.9 Å². The number of benzene rings is 1. The maximum atomic E-state index is 12.2. The molecule has 7 nitrogen and oxygen atoms in total. The fourth-order valence-corrected chi connectivity index (χ4v) is 4.87. The fraction of sp³-hybridized carbons (Fsp3) is 0.316. The highest BCUT2D eigenvalue weighted by atomic mass is 32.2. The van der Waals surface area contributed by atoms with Crippen LogP contribution in [0.2, 0.25) is 0 Å². The number of hydrogen-bond acceptors (Lipinski definition) is 7. The van der Waals surface area contributed by atoms with Crippen LogP contribution in [0.1, 0.15) is 39.7 Å². The van der Waals surface area contributed by atoms with Crippen molar-refractivity contribution >= 4 is 38.1 Å². The summed E-state index contributed by atoms with van der Waals surface area (Å²) in [5, 5.41) is 12.1. The molecule has 0 aliphatic rings. The number of nitriles is 1. The summed E-state index contributed by atoms with van der Waals surface area (Å²) in [6.07, 6.45) is -0.244. The van der Waals surface area contributed by atoms with Gasteiger partial charge in [0.1, 0.15) is 15.9 Å². The molecule has 0 radical (unpaired) electrons. The average Bonchev–Trinajstić information content (AvgIpc) is 2.96. The molecule has 28 heavy (non-hydrogen) atoms.